The van der Waals surface area contributed by atoms with Gasteiger partial charge in [0.25, 0.3) is 0 Å². The average molecular weight is 284 g/mol. The zero-order valence-corrected chi connectivity index (χ0v) is 11.5. The van der Waals surface area contributed by atoms with Gasteiger partial charge in [-0.1, -0.05) is 26.3 Å². The quantitative estimate of drug-likeness (QED) is 0.831. The molecule has 1 rings (SSSR count). The lowest BCUT2D eigenvalue weighted by molar-refractivity contribution is -0.128. The number of carbonyl (C=O) groups is 2. The SMILES string of the molecule is CC[C@@H](C)[C@H](NC(=O)Cc1ccc(F)c(F)c1)C(N)=O. The van der Waals surface area contributed by atoms with Crippen LogP contribution < -0.4 is 11.1 Å². The predicted octanol–water partition coefficient (Wildman–Crippen LogP) is 1.52. The summed E-state index contributed by atoms with van der Waals surface area (Å²) in [5, 5.41) is 2.52. The molecule has 1 aromatic rings. The molecule has 1 aromatic carbocycles. The standard InChI is InChI=1S/C14H18F2N2O2/c1-3-8(2)13(14(17)20)18-12(19)7-9-4-5-10(15)11(16)6-9/h4-6,8,13H,3,7H2,1-2H3,(H2,17,20)(H,18,19)/t8-,13+/m1/s1. The van der Waals surface area contributed by atoms with E-state index in [0.717, 1.165) is 12.1 Å². The third-order valence-electron chi connectivity index (χ3n) is 3.18. The molecule has 0 saturated heterocycles. The molecule has 0 unspecified atom stereocenters. The van der Waals surface area contributed by atoms with Gasteiger partial charge >= 0.3 is 0 Å². The van der Waals surface area contributed by atoms with E-state index in [1.807, 2.05) is 6.92 Å². The van der Waals surface area contributed by atoms with Crippen molar-refractivity contribution in [3.05, 3.63) is 35.4 Å². The van der Waals surface area contributed by atoms with E-state index < -0.39 is 29.5 Å². The molecule has 0 spiro atoms. The van der Waals surface area contributed by atoms with Crippen molar-refractivity contribution in [3.63, 3.8) is 0 Å². The van der Waals surface area contributed by atoms with Gasteiger partial charge in [0, 0.05) is 0 Å². The number of rotatable bonds is 6. The molecule has 0 saturated carbocycles. The van der Waals surface area contributed by atoms with Crippen LogP contribution in [-0.2, 0) is 16.0 Å². The Morgan fingerprint density at radius 3 is 2.45 bits per heavy atom. The Kier molecular flexibility index (Phi) is 5.61. The van der Waals surface area contributed by atoms with Gasteiger partial charge in [0.15, 0.2) is 11.6 Å². The van der Waals surface area contributed by atoms with Crippen LogP contribution in [0.25, 0.3) is 0 Å². The minimum atomic E-state index is -1.01. The van der Waals surface area contributed by atoms with Crippen LogP contribution in [-0.4, -0.2) is 17.9 Å². The first-order valence-electron chi connectivity index (χ1n) is 6.37. The summed E-state index contributed by atoms with van der Waals surface area (Å²) >= 11 is 0. The maximum Gasteiger partial charge on any atom is 0.240 e. The van der Waals surface area contributed by atoms with E-state index in [2.05, 4.69) is 5.32 Å². The Morgan fingerprint density at radius 2 is 1.95 bits per heavy atom. The van der Waals surface area contributed by atoms with Gasteiger partial charge in [0.1, 0.15) is 6.04 Å². The van der Waals surface area contributed by atoms with Crippen LogP contribution >= 0.6 is 0 Å². The van der Waals surface area contributed by atoms with Gasteiger partial charge in [-0.15, -0.1) is 0 Å². The molecule has 4 nitrogen and oxygen atoms in total. The highest BCUT2D eigenvalue weighted by molar-refractivity contribution is 5.87. The van der Waals surface area contributed by atoms with Crippen molar-refractivity contribution >= 4 is 11.8 Å². The Hall–Kier alpha value is -1.98. The number of hydrogen-bond acceptors (Lipinski definition) is 2. The molecule has 0 aliphatic carbocycles. The van der Waals surface area contributed by atoms with E-state index in [0.29, 0.717) is 12.0 Å². The van der Waals surface area contributed by atoms with E-state index in [9.17, 15) is 18.4 Å². The van der Waals surface area contributed by atoms with Gasteiger partial charge < -0.3 is 11.1 Å². The van der Waals surface area contributed by atoms with Crippen molar-refractivity contribution in [3.8, 4) is 0 Å². The summed E-state index contributed by atoms with van der Waals surface area (Å²) in [6.45, 7) is 3.68. The molecule has 0 bridgehead atoms. The molecular formula is C14H18F2N2O2. The van der Waals surface area contributed by atoms with Crippen molar-refractivity contribution in [2.45, 2.75) is 32.7 Å². The molecule has 20 heavy (non-hydrogen) atoms. The summed E-state index contributed by atoms with van der Waals surface area (Å²) in [6, 6.07) is 2.47. The van der Waals surface area contributed by atoms with Crippen LogP contribution in [0.2, 0.25) is 0 Å². The number of carbonyl (C=O) groups excluding carboxylic acids is 2. The first-order chi connectivity index (χ1) is 9.35. The van der Waals surface area contributed by atoms with Crippen LogP contribution in [0.3, 0.4) is 0 Å². The lowest BCUT2D eigenvalue weighted by atomic mass is 9.98. The number of hydrogen-bond donors (Lipinski definition) is 2. The number of amides is 2. The summed E-state index contributed by atoms with van der Waals surface area (Å²) in [7, 11) is 0. The maximum atomic E-state index is 13.0. The highest BCUT2D eigenvalue weighted by atomic mass is 19.2. The number of nitrogens with two attached hydrogens (primary N) is 1. The van der Waals surface area contributed by atoms with E-state index in [4.69, 9.17) is 5.73 Å². The van der Waals surface area contributed by atoms with Gasteiger partial charge in [0.2, 0.25) is 11.8 Å². The summed E-state index contributed by atoms with van der Waals surface area (Å²) in [4.78, 5) is 23.1. The zero-order valence-electron chi connectivity index (χ0n) is 11.5. The number of nitrogens with one attached hydrogen (secondary N) is 1. The highest BCUT2D eigenvalue weighted by Crippen LogP contribution is 2.11. The molecule has 110 valence electrons. The fraction of sp³-hybridized carbons (Fsp3) is 0.429. The Labute approximate surface area is 116 Å². The molecule has 0 heterocycles. The molecule has 2 atom stereocenters. The number of halogens is 2. The van der Waals surface area contributed by atoms with E-state index in [1.54, 1.807) is 6.92 Å². The second-order valence-corrected chi connectivity index (χ2v) is 4.76. The molecule has 6 heteroatoms. The third kappa shape index (κ3) is 4.29. The highest BCUT2D eigenvalue weighted by Gasteiger charge is 2.23. The first-order valence-corrected chi connectivity index (χ1v) is 6.37. The predicted molar refractivity (Wildman–Crippen MR) is 70.6 cm³/mol. The molecule has 3 N–H and O–H groups in total. The van der Waals surface area contributed by atoms with Gasteiger partial charge in [-0.3, -0.25) is 9.59 Å². The van der Waals surface area contributed by atoms with Gasteiger partial charge in [-0.05, 0) is 23.6 Å². The summed E-state index contributed by atoms with van der Waals surface area (Å²) in [5.74, 6) is -3.15. The molecule has 2 amide bonds. The summed E-state index contributed by atoms with van der Waals surface area (Å²) in [5.41, 5.74) is 5.56. The molecule has 0 radical (unpaired) electrons. The maximum absolute atomic E-state index is 13.0. The second-order valence-electron chi connectivity index (χ2n) is 4.76. The Balaban J connectivity index is 2.70. The second kappa shape index (κ2) is 6.98. The van der Waals surface area contributed by atoms with Gasteiger partial charge in [-0.2, -0.15) is 0 Å². The normalized spacial score (nSPS) is 13.6. The molecule has 0 aliphatic heterocycles. The lowest BCUT2D eigenvalue weighted by Crippen LogP contribution is -2.48. The minimum Gasteiger partial charge on any atom is -0.368 e. The van der Waals surface area contributed by atoms with Gasteiger partial charge in [-0.25, -0.2) is 8.78 Å². The van der Waals surface area contributed by atoms with Crippen molar-refractivity contribution in [2.24, 2.45) is 11.7 Å². The van der Waals surface area contributed by atoms with Crippen molar-refractivity contribution in [2.75, 3.05) is 0 Å². The fourth-order valence-corrected chi connectivity index (χ4v) is 1.79. The van der Waals surface area contributed by atoms with Crippen molar-refractivity contribution in [1.29, 1.82) is 0 Å². The Morgan fingerprint density at radius 1 is 1.30 bits per heavy atom. The van der Waals surface area contributed by atoms with Crippen LogP contribution in [0.5, 0.6) is 0 Å². The smallest absolute Gasteiger partial charge is 0.240 e. The van der Waals surface area contributed by atoms with Crippen LogP contribution in [0, 0.1) is 17.6 Å². The average Bonchev–Trinajstić information content (AvgIpc) is 2.39. The number of benzene rings is 1. The van der Waals surface area contributed by atoms with Crippen molar-refractivity contribution in [1.82, 2.24) is 5.32 Å². The molecule has 0 aliphatic rings. The minimum absolute atomic E-state index is 0.0959. The monoisotopic (exact) mass is 284 g/mol. The summed E-state index contributed by atoms with van der Waals surface area (Å²) in [6.07, 6.45) is 0.538. The largest absolute Gasteiger partial charge is 0.368 e. The van der Waals surface area contributed by atoms with Crippen molar-refractivity contribution < 1.29 is 18.4 Å². The fourth-order valence-electron chi connectivity index (χ4n) is 1.79. The topological polar surface area (TPSA) is 72.2 Å². The van der Waals surface area contributed by atoms with E-state index in [1.165, 1.54) is 6.07 Å². The Bertz CT molecular complexity index is 506. The molecule has 0 aromatic heterocycles. The molecular weight excluding hydrogens is 266 g/mol. The zero-order chi connectivity index (χ0) is 15.3. The molecule has 0 fully saturated rings. The van der Waals surface area contributed by atoms with E-state index in [-0.39, 0.29) is 12.3 Å². The summed E-state index contributed by atoms with van der Waals surface area (Å²) < 4.78 is 25.8. The third-order valence-corrected chi connectivity index (χ3v) is 3.18. The van der Waals surface area contributed by atoms with E-state index >= 15 is 0 Å². The van der Waals surface area contributed by atoms with Crippen LogP contribution in [0.1, 0.15) is 25.8 Å². The number of primary amides is 1. The lowest BCUT2D eigenvalue weighted by Gasteiger charge is -2.21. The van der Waals surface area contributed by atoms with Crippen LogP contribution in [0.4, 0.5) is 8.78 Å². The van der Waals surface area contributed by atoms with Crippen LogP contribution in [0.15, 0.2) is 18.2 Å². The van der Waals surface area contributed by atoms with Gasteiger partial charge in [0.05, 0.1) is 6.42 Å². The first kappa shape index (κ1) is 16.1.